The number of ether oxygens (including phenoxy) is 2. The Labute approximate surface area is 230 Å². The van der Waals surface area contributed by atoms with Gasteiger partial charge in [0.05, 0.1) is 13.7 Å². The Kier molecular flexibility index (Phi) is 11.5. The van der Waals surface area contributed by atoms with Gasteiger partial charge in [0.1, 0.15) is 17.5 Å². The highest BCUT2D eigenvalue weighted by Gasteiger charge is 2.31. The predicted molar refractivity (Wildman–Crippen MR) is 152 cm³/mol. The van der Waals surface area contributed by atoms with E-state index >= 15 is 0 Å². The Bertz CT molecular complexity index is 1150. The van der Waals surface area contributed by atoms with E-state index in [2.05, 4.69) is 5.32 Å². The molecule has 0 bridgehead atoms. The van der Waals surface area contributed by atoms with Gasteiger partial charge in [0.25, 0.3) is 0 Å². The molecular formula is C31H37ClN2O4. The van der Waals surface area contributed by atoms with Gasteiger partial charge in [-0.2, -0.15) is 0 Å². The maximum absolute atomic E-state index is 13.7. The van der Waals surface area contributed by atoms with Crippen molar-refractivity contribution in [3.63, 3.8) is 0 Å². The minimum absolute atomic E-state index is 0.00376. The molecule has 0 aliphatic carbocycles. The molecule has 0 aliphatic heterocycles. The SMILES string of the molecule is CCC(C)NC(=O)C(Cc1ccccc1)N(Cc1ccccc1Cl)C(=O)CCCOc1ccc(OC)cc1. The fourth-order valence-corrected chi connectivity index (χ4v) is 4.23. The molecule has 0 spiro atoms. The summed E-state index contributed by atoms with van der Waals surface area (Å²) in [5.41, 5.74) is 1.78. The van der Waals surface area contributed by atoms with Gasteiger partial charge in [0, 0.05) is 30.5 Å². The number of carbonyl (C=O) groups excluding carboxylic acids is 2. The average Bonchev–Trinajstić information content (AvgIpc) is 2.94. The number of benzene rings is 3. The zero-order chi connectivity index (χ0) is 27.3. The maximum atomic E-state index is 13.7. The summed E-state index contributed by atoms with van der Waals surface area (Å²) >= 11 is 6.47. The quantitative estimate of drug-likeness (QED) is 0.254. The summed E-state index contributed by atoms with van der Waals surface area (Å²) in [6.45, 7) is 4.60. The lowest BCUT2D eigenvalue weighted by Gasteiger charge is -2.32. The normalized spacial score (nSPS) is 12.3. The van der Waals surface area contributed by atoms with Crippen molar-refractivity contribution in [2.45, 2.75) is 58.2 Å². The smallest absolute Gasteiger partial charge is 0.243 e. The van der Waals surface area contributed by atoms with Crippen molar-refractivity contribution in [2.24, 2.45) is 0 Å². The first-order valence-corrected chi connectivity index (χ1v) is 13.4. The molecule has 38 heavy (non-hydrogen) atoms. The molecule has 0 saturated heterocycles. The van der Waals surface area contributed by atoms with Crippen LogP contribution in [0, 0.1) is 0 Å². The number of methoxy groups -OCH3 is 1. The molecule has 202 valence electrons. The second-order valence-corrected chi connectivity index (χ2v) is 9.67. The van der Waals surface area contributed by atoms with E-state index in [4.69, 9.17) is 21.1 Å². The first-order valence-electron chi connectivity index (χ1n) is 13.0. The topological polar surface area (TPSA) is 67.9 Å². The van der Waals surface area contributed by atoms with E-state index < -0.39 is 6.04 Å². The summed E-state index contributed by atoms with van der Waals surface area (Å²) in [7, 11) is 1.62. The summed E-state index contributed by atoms with van der Waals surface area (Å²) in [6, 6.07) is 23.8. The van der Waals surface area contributed by atoms with Crippen LogP contribution in [0.15, 0.2) is 78.9 Å². The van der Waals surface area contributed by atoms with Crippen LogP contribution < -0.4 is 14.8 Å². The number of halogens is 1. The lowest BCUT2D eigenvalue weighted by Crippen LogP contribution is -2.52. The molecule has 6 nitrogen and oxygen atoms in total. The second kappa shape index (κ2) is 15.0. The van der Waals surface area contributed by atoms with Crippen LogP contribution in [0.5, 0.6) is 11.5 Å². The summed E-state index contributed by atoms with van der Waals surface area (Å²) in [4.78, 5) is 28.9. The highest BCUT2D eigenvalue weighted by molar-refractivity contribution is 6.31. The zero-order valence-corrected chi connectivity index (χ0v) is 23.1. The minimum atomic E-state index is -0.683. The van der Waals surface area contributed by atoms with E-state index in [1.54, 1.807) is 18.1 Å². The standard InChI is InChI=1S/C31H37ClN2O4/c1-4-23(2)33-31(36)29(21-24-11-6-5-7-12-24)34(22-25-13-8-9-14-28(25)32)30(35)15-10-20-38-27-18-16-26(37-3)17-19-27/h5-9,11-14,16-19,23,29H,4,10,15,20-22H2,1-3H3,(H,33,36). The number of carbonyl (C=O) groups is 2. The van der Waals surface area contributed by atoms with Gasteiger partial charge >= 0.3 is 0 Å². The third-order valence-corrected chi connectivity index (χ3v) is 6.80. The first-order chi connectivity index (χ1) is 18.4. The van der Waals surface area contributed by atoms with E-state index in [1.807, 2.05) is 86.6 Å². The minimum Gasteiger partial charge on any atom is -0.497 e. The van der Waals surface area contributed by atoms with Crippen LogP contribution in [0.25, 0.3) is 0 Å². The van der Waals surface area contributed by atoms with Crippen molar-refractivity contribution in [1.82, 2.24) is 10.2 Å². The molecule has 0 radical (unpaired) electrons. The maximum Gasteiger partial charge on any atom is 0.243 e. The fraction of sp³-hybridized carbons (Fsp3) is 0.355. The molecule has 0 saturated carbocycles. The molecule has 0 fully saturated rings. The van der Waals surface area contributed by atoms with Gasteiger partial charge in [0.2, 0.25) is 11.8 Å². The van der Waals surface area contributed by atoms with Crippen molar-refractivity contribution in [3.05, 3.63) is 95.0 Å². The molecule has 3 aromatic rings. The molecule has 3 aromatic carbocycles. The number of nitrogens with zero attached hydrogens (tertiary/aromatic N) is 1. The number of hydrogen-bond donors (Lipinski definition) is 1. The van der Waals surface area contributed by atoms with Gasteiger partial charge in [0.15, 0.2) is 0 Å². The van der Waals surface area contributed by atoms with Crippen LogP contribution in [0.2, 0.25) is 5.02 Å². The molecule has 0 heterocycles. The van der Waals surface area contributed by atoms with Gasteiger partial charge in [-0.15, -0.1) is 0 Å². The number of hydrogen-bond acceptors (Lipinski definition) is 4. The van der Waals surface area contributed by atoms with Gasteiger partial charge in [-0.3, -0.25) is 9.59 Å². The Morgan fingerprint density at radius 1 is 0.947 bits per heavy atom. The highest BCUT2D eigenvalue weighted by Crippen LogP contribution is 2.22. The lowest BCUT2D eigenvalue weighted by molar-refractivity contribution is -0.141. The summed E-state index contributed by atoms with van der Waals surface area (Å²) in [6.07, 6.45) is 1.95. The summed E-state index contributed by atoms with van der Waals surface area (Å²) in [5.74, 6) is 1.17. The van der Waals surface area contributed by atoms with E-state index in [-0.39, 0.29) is 30.8 Å². The third kappa shape index (κ3) is 8.80. The lowest BCUT2D eigenvalue weighted by atomic mass is 10.0. The zero-order valence-electron chi connectivity index (χ0n) is 22.4. The van der Waals surface area contributed by atoms with E-state index in [0.29, 0.717) is 30.2 Å². The van der Waals surface area contributed by atoms with Gasteiger partial charge in [-0.05, 0) is 61.2 Å². The van der Waals surface area contributed by atoms with Crippen molar-refractivity contribution in [2.75, 3.05) is 13.7 Å². The Morgan fingerprint density at radius 3 is 2.26 bits per heavy atom. The average molecular weight is 537 g/mol. The molecule has 0 aromatic heterocycles. The second-order valence-electron chi connectivity index (χ2n) is 9.26. The van der Waals surface area contributed by atoms with Crippen LogP contribution in [0.4, 0.5) is 0 Å². The van der Waals surface area contributed by atoms with Crippen molar-refractivity contribution < 1.29 is 19.1 Å². The van der Waals surface area contributed by atoms with Gasteiger partial charge in [-0.1, -0.05) is 67.1 Å². The molecule has 0 aliphatic rings. The molecule has 1 N–H and O–H groups in total. The van der Waals surface area contributed by atoms with Crippen LogP contribution in [0.3, 0.4) is 0 Å². The van der Waals surface area contributed by atoms with E-state index in [9.17, 15) is 9.59 Å². The molecule has 2 unspecified atom stereocenters. The monoisotopic (exact) mass is 536 g/mol. The molecular weight excluding hydrogens is 500 g/mol. The molecule has 3 rings (SSSR count). The molecule has 7 heteroatoms. The van der Waals surface area contributed by atoms with E-state index in [1.165, 1.54) is 0 Å². The number of nitrogens with one attached hydrogen (secondary N) is 1. The van der Waals surface area contributed by atoms with Crippen molar-refractivity contribution in [3.8, 4) is 11.5 Å². The first kappa shape index (κ1) is 29.1. The fourth-order valence-electron chi connectivity index (χ4n) is 4.03. The third-order valence-electron chi connectivity index (χ3n) is 6.43. The van der Waals surface area contributed by atoms with Crippen molar-refractivity contribution in [1.29, 1.82) is 0 Å². The van der Waals surface area contributed by atoms with Crippen LogP contribution in [-0.4, -0.2) is 42.5 Å². The number of rotatable bonds is 14. The molecule has 2 atom stereocenters. The summed E-state index contributed by atoms with van der Waals surface area (Å²) < 4.78 is 11.0. The highest BCUT2D eigenvalue weighted by atomic mass is 35.5. The van der Waals surface area contributed by atoms with Crippen molar-refractivity contribution >= 4 is 23.4 Å². The number of amides is 2. The Morgan fingerprint density at radius 2 is 1.61 bits per heavy atom. The Hall–Kier alpha value is -3.51. The largest absolute Gasteiger partial charge is 0.497 e. The Balaban J connectivity index is 1.78. The predicted octanol–water partition coefficient (Wildman–Crippen LogP) is 6.06. The molecule has 2 amide bonds. The van der Waals surface area contributed by atoms with Crippen LogP contribution in [0.1, 0.15) is 44.2 Å². The van der Waals surface area contributed by atoms with E-state index in [0.717, 1.165) is 23.3 Å². The van der Waals surface area contributed by atoms with Crippen LogP contribution in [-0.2, 0) is 22.6 Å². The van der Waals surface area contributed by atoms with Gasteiger partial charge < -0.3 is 19.7 Å². The summed E-state index contributed by atoms with van der Waals surface area (Å²) in [5, 5.41) is 3.65. The van der Waals surface area contributed by atoms with Crippen LogP contribution >= 0.6 is 11.6 Å². The van der Waals surface area contributed by atoms with Gasteiger partial charge in [-0.25, -0.2) is 0 Å².